The first kappa shape index (κ1) is 9.68. The molecule has 0 aromatic carbocycles. The number of hydrogen-bond donors (Lipinski definition) is 0. The van der Waals surface area contributed by atoms with Crippen molar-refractivity contribution in [3.8, 4) is 0 Å². The fourth-order valence-electron chi connectivity index (χ4n) is 1.55. The zero-order chi connectivity index (χ0) is 18.5. The minimum Gasteiger partial charge on any atom is -0.444 e. The summed E-state index contributed by atoms with van der Waals surface area (Å²) < 4.78 is 37.5. The van der Waals surface area contributed by atoms with Gasteiger partial charge in [-0.1, -0.05) is 0 Å². The van der Waals surface area contributed by atoms with Crippen molar-refractivity contribution in [1.82, 2.24) is 9.88 Å². The summed E-state index contributed by atoms with van der Waals surface area (Å²) >= 11 is 0. The van der Waals surface area contributed by atoms with Gasteiger partial charge in [-0.25, -0.2) is 4.79 Å². The average molecular weight is 283 g/mol. The molecule has 1 aliphatic heterocycles. The van der Waals surface area contributed by atoms with Gasteiger partial charge in [0.05, 0.1) is 14.2 Å². The lowest BCUT2D eigenvalue weighted by molar-refractivity contribution is -0.385. The van der Waals surface area contributed by atoms with E-state index in [-0.39, 0.29) is 11.3 Å². The molecule has 1 aliphatic rings. The molecule has 1 amide bonds. The molecule has 0 aliphatic carbocycles. The second-order valence-corrected chi connectivity index (χ2v) is 5.21. The maximum atomic E-state index is 12.3. The summed E-state index contributed by atoms with van der Waals surface area (Å²) in [7, 11) is 0. The number of fused-ring (bicyclic) bond motifs is 1. The lowest BCUT2D eigenvalue weighted by Gasteiger charge is -2.30. The minimum absolute atomic E-state index is 0.0235. The molecule has 0 bridgehead atoms. The molecule has 2 rings (SSSR count). The summed E-state index contributed by atoms with van der Waals surface area (Å²) in [5.74, 6) is 0. The normalized spacial score (nSPS) is 22.6. The molecule has 0 atom stereocenters. The topological polar surface area (TPSA) is 85.6 Å². The van der Waals surface area contributed by atoms with Gasteiger partial charge >= 0.3 is 6.09 Å². The van der Waals surface area contributed by atoms with Crippen LogP contribution in [0.15, 0.2) is 12.3 Å². The molecule has 0 saturated carbocycles. The highest BCUT2D eigenvalue weighted by Gasteiger charge is 2.27. The molecule has 0 fully saturated rings. The van der Waals surface area contributed by atoms with Crippen LogP contribution in [-0.2, 0) is 17.7 Å². The highest BCUT2D eigenvalue weighted by Crippen LogP contribution is 2.22. The molecule has 2 heterocycles. The van der Waals surface area contributed by atoms with Crippen LogP contribution in [0.3, 0.4) is 0 Å². The molecule has 0 N–H and O–H groups in total. The first-order chi connectivity index (χ1) is 10.8. The van der Waals surface area contributed by atoms with Gasteiger partial charge in [-0.2, -0.15) is 0 Å². The van der Waals surface area contributed by atoms with Crippen molar-refractivity contribution >= 4 is 11.8 Å². The molecule has 0 spiro atoms. The first-order valence-electron chi connectivity index (χ1n) is 7.93. The highest BCUT2D eigenvalue weighted by molar-refractivity contribution is 5.68. The third-order valence-corrected chi connectivity index (χ3v) is 2.38. The van der Waals surface area contributed by atoms with E-state index in [2.05, 4.69) is 4.98 Å². The van der Waals surface area contributed by atoms with Gasteiger partial charge in [0.25, 0.3) is 5.69 Å². The van der Waals surface area contributed by atoms with Crippen LogP contribution in [0.1, 0.15) is 37.5 Å². The van der Waals surface area contributed by atoms with Crippen molar-refractivity contribution in [2.75, 3.05) is 6.50 Å². The van der Waals surface area contributed by atoms with E-state index in [9.17, 15) is 14.9 Å². The lowest BCUT2D eigenvalue weighted by Crippen LogP contribution is -2.40. The molecule has 0 radical (unpaired) electrons. The number of rotatable bonds is 1. The fraction of sp³-hybridized carbons (Fsp3) is 0.538. The number of pyridine rings is 1. The first-order valence-corrected chi connectivity index (χ1v) is 5.93. The van der Waals surface area contributed by atoms with Crippen LogP contribution in [0.4, 0.5) is 10.5 Å². The van der Waals surface area contributed by atoms with Gasteiger partial charge in [-0.3, -0.25) is 15.1 Å². The Morgan fingerprint density at radius 1 is 1.60 bits per heavy atom. The van der Waals surface area contributed by atoms with Gasteiger partial charge in [-0.05, 0) is 20.8 Å². The van der Waals surface area contributed by atoms with Gasteiger partial charge < -0.3 is 9.64 Å². The van der Waals surface area contributed by atoms with Gasteiger partial charge in [-0.15, -0.1) is 0 Å². The second-order valence-electron chi connectivity index (χ2n) is 5.21. The van der Waals surface area contributed by atoms with E-state index in [1.165, 1.54) is 0 Å². The largest absolute Gasteiger partial charge is 0.444 e. The van der Waals surface area contributed by atoms with Crippen molar-refractivity contribution in [3.63, 3.8) is 0 Å². The molecule has 1 aromatic rings. The van der Waals surface area contributed by atoms with Crippen molar-refractivity contribution < 1.29 is 19.9 Å². The van der Waals surface area contributed by atoms with E-state index < -0.39 is 41.7 Å². The Balaban J connectivity index is 2.56. The van der Waals surface area contributed by atoms with Gasteiger partial charge in [0.15, 0.2) is 0 Å². The number of aryl methyl sites for hydroxylation is 1. The fourth-order valence-corrected chi connectivity index (χ4v) is 1.55. The van der Waals surface area contributed by atoms with Crippen LogP contribution in [0.25, 0.3) is 0 Å². The molecular weight excluding hydrogens is 262 g/mol. The van der Waals surface area contributed by atoms with Gasteiger partial charge in [0, 0.05) is 33.0 Å². The molecule has 0 unspecified atom stereocenters. The standard InChI is InChI=1S/C13H17N3O4/c1-13(2,3)20-12(17)15-5-4-11-9(8-15)6-10(7-14-11)16(18)19/h6-7H,4-5,8H2,1-3H3/i5D2,8D2. The number of aromatic nitrogens is 1. The van der Waals surface area contributed by atoms with Crippen molar-refractivity contribution in [2.24, 2.45) is 0 Å². The summed E-state index contributed by atoms with van der Waals surface area (Å²) in [4.78, 5) is 26.6. The Kier molecular flexibility index (Phi) is 2.45. The molecule has 0 saturated heterocycles. The number of nitrogens with zero attached hydrogens (tertiary/aromatic N) is 3. The Bertz CT molecular complexity index is 703. The van der Waals surface area contributed by atoms with Gasteiger partial charge in [0.2, 0.25) is 0 Å². The molecular formula is C13H17N3O4. The summed E-state index contributed by atoms with van der Waals surface area (Å²) in [6, 6.07) is 0.967. The van der Waals surface area contributed by atoms with Crippen molar-refractivity contribution in [2.45, 2.75) is 39.3 Å². The molecule has 20 heavy (non-hydrogen) atoms. The Labute approximate surface area is 122 Å². The molecule has 1 aromatic heterocycles. The Hall–Kier alpha value is -2.18. The highest BCUT2D eigenvalue weighted by atomic mass is 16.6. The van der Waals surface area contributed by atoms with Crippen LogP contribution in [-0.4, -0.2) is 33.0 Å². The van der Waals surface area contributed by atoms with E-state index in [1.807, 2.05) is 0 Å². The summed E-state index contributed by atoms with van der Waals surface area (Å²) in [6.07, 6.45) is -0.651. The van der Waals surface area contributed by atoms with Crippen LogP contribution >= 0.6 is 0 Å². The van der Waals surface area contributed by atoms with E-state index in [1.54, 1.807) is 20.8 Å². The third kappa shape index (κ3) is 3.23. The second kappa shape index (κ2) is 5.07. The SMILES string of the molecule is [2H]C1([2H])Cc2ncc([N+](=O)[O-])cc2C([2H])([2H])N1C(=O)OC(C)(C)C. The smallest absolute Gasteiger partial charge is 0.410 e. The number of ether oxygens (including phenoxy) is 1. The van der Waals surface area contributed by atoms with E-state index in [4.69, 9.17) is 10.2 Å². The Morgan fingerprint density at radius 3 is 2.90 bits per heavy atom. The predicted octanol–water partition coefficient (Wildman–Crippen LogP) is 2.28. The maximum Gasteiger partial charge on any atom is 0.410 e. The number of carbonyl (C=O) groups is 1. The third-order valence-electron chi connectivity index (χ3n) is 2.38. The van der Waals surface area contributed by atoms with E-state index in [0.29, 0.717) is 4.90 Å². The molecule has 7 heteroatoms. The van der Waals surface area contributed by atoms with Crippen LogP contribution in [0, 0.1) is 10.1 Å². The zero-order valence-electron chi connectivity index (χ0n) is 15.3. The molecule has 7 nitrogen and oxygen atoms in total. The monoisotopic (exact) mass is 283 g/mol. The summed E-state index contributed by atoms with van der Waals surface area (Å²) in [5, 5.41) is 10.9. The average Bonchev–Trinajstić information content (AvgIpc) is 2.33. The van der Waals surface area contributed by atoms with Gasteiger partial charge in [0.1, 0.15) is 11.8 Å². The lowest BCUT2D eigenvalue weighted by atomic mass is 10.1. The number of nitro groups is 1. The Morgan fingerprint density at radius 2 is 2.30 bits per heavy atom. The van der Waals surface area contributed by atoms with Crippen LogP contribution < -0.4 is 0 Å². The van der Waals surface area contributed by atoms with Crippen molar-refractivity contribution in [1.29, 1.82) is 0 Å². The summed E-state index contributed by atoms with van der Waals surface area (Å²) in [6.45, 7) is -0.346. The van der Waals surface area contributed by atoms with Crippen molar-refractivity contribution in [3.05, 3.63) is 33.6 Å². The zero-order valence-corrected chi connectivity index (χ0v) is 11.3. The van der Waals surface area contributed by atoms with E-state index in [0.717, 1.165) is 12.3 Å². The maximum absolute atomic E-state index is 12.3. The number of amides is 1. The number of carbonyl (C=O) groups excluding carboxylic acids is 1. The number of hydrogen-bond acceptors (Lipinski definition) is 5. The minimum atomic E-state index is -2.65. The van der Waals surface area contributed by atoms with Crippen LogP contribution in [0.2, 0.25) is 0 Å². The quantitative estimate of drug-likeness (QED) is 0.583. The van der Waals surface area contributed by atoms with E-state index >= 15 is 0 Å². The predicted molar refractivity (Wildman–Crippen MR) is 71.2 cm³/mol. The summed E-state index contributed by atoms with van der Waals surface area (Å²) in [5.41, 5.74) is -1.60. The van der Waals surface area contributed by atoms with Crippen LogP contribution in [0.5, 0.6) is 0 Å². The molecule has 108 valence electrons.